The first-order valence-electron chi connectivity index (χ1n) is 7.25. The minimum Gasteiger partial charge on any atom is -0.493 e. The van der Waals surface area contributed by atoms with Gasteiger partial charge in [-0.3, -0.25) is 0 Å². The first-order chi connectivity index (χ1) is 9.54. The van der Waals surface area contributed by atoms with Crippen molar-refractivity contribution in [2.75, 3.05) is 13.7 Å². The second kappa shape index (κ2) is 6.46. The van der Waals surface area contributed by atoms with Gasteiger partial charge in [0.2, 0.25) is 0 Å². The maximum absolute atomic E-state index is 10.4. The molecule has 1 aromatic carbocycles. The summed E-state index contributed by atoms with van der Waals surface area (Å²) in [4.78, 5) is 0. The summed E-state index contributed by atoms with van der Waals surface area (Å²) in [7, 11) is 1.57. The largest absolute Gasteiger partial charge is 0.493 e. The fraction of sp³-hybridized carbons (Fsp3) is 0.625. The number of ether oxygens (including phenoxy) is 2. The Balaban J connectivity index is 2.05. The second-order valence-corrected chi connectivity index (χ2v) is 5.66. The Bertz CT molecular complexity index is 436. The number of benzene rings is 1. The molecule has 0 radical (unpaired) electrons. The molecule has 1 fully saturated rings. The zero-order valence-corrected chi connectivity index (χ0v) is 12.3. The van der Waals surface area contributed by atoms with Crippen LogP contribution in [0.5, 0.6) is 11.5 Å². The maximum atomic E-state index is 10.4. The van der Waals surface area contributed by atoms with Crippen LogP contribution in [0.15, 0.2) is 18.2 Å². The number of rotatable bonds is 5. The lowest BCUT2D eigenvalue weighted by molar-refractivity contribution is -0.0343. The molecular weight excluding hydrogens is 256 g/mol. The van der Waals surface area contributed by atoms with Gasteiger partial charge in [-0.15, -0.1) is 0 Å². The predicted molar refractivity (Wildman–Crippen MR) is 77.2 cm³/mol. The number of hydrogen-bond donors (Lipinski definition) is 2. The van der Waals surface area contributed by atoms with Crippen LogP contribution >= 0.6 is 0 Å². The Kier molecular flexibility index (Phi) is 4.89. The molecule has 1 atom stereocenters. The molecule has 0 heterocycles. The summed E-state index contributed by atoms with van der Waals surface area (Å²) in [6, 6.07) is 5.37. The zero-order valence-electron chi connectivity index (χ0n) is 12.3. The van der Waals surface area contributed by atoms with Crippen molar-refractivity contribution in [2.24, 2.45) is 0 Å². The van der Waals surface area contributed by atoms with Crippen LogP contribution in [0.25, 0.3) is 0 Å². The monoisotopic (exact) mass is 280 g/mol. The van der Waals surface area contributed by atoms with E-state index < -0.39 is 11.7 Å². The Morgan fingerprint density at radius 2 is 1.90 bits per heavy atom. The quantitative estimate of drug-likeness (QED) is 0.870. The highest BCUT2D eigenvalue weighted by Gasteiger charge is 2.30. The van der Waals surface area contributed by atoms with Crippen LogP contribution in [0.4, 0.5) is 0 Å². The van der Waals surface area contributed by atoms with E-state index in [0.717, 1.165) is 31.2 Å². The van der Waals surface area contributed by atoms with Gasteiger partial charge in [0.15, 0.2) is 11.5 Å². The van der Waals surface area contributed by atoms with E-state index in [4.69, 9.17) is 9.47 Å². The summed E-state index contributed by atoms with van der Waals surface area (Å²) >= 11 is 0. The van der Waals surface area contributed by atoms with Crippen LogP contribution in [0, 0.1) is 0 Å². The summed E-state index contributed by atoms with van der Waals surface area (Å²) in [6.07, 6.45) is 4.34. The standard InChI is InChI=1S/C16H24O4/c1-12(17)13-6-7-14(15(10-13)19-2)20-11-16(18)8-4-3-5-9-16/h6-7,10,12,17-18H,3-5,8-9,11H2,1-2H3/t12-/m0/s1. The first kappa shape index (κ1) is 15.1. The molecular formula is C16H24O4. The van der Waals surface area contributed by atoms with E-state index in [9.17, 15) is 10.2 Å². The molecule has 112 valence electrons. The lowest BCUT2D eigenvalue weighted by Gasteiger charge is -2.31. The van der Waals surface area contributed by atoms with Gasteiger partial charge < -0.3 is 19.7 Å². The third kappa shape index (κ3) is 3.64. The Labute approximate surface area is 120 Å². The van der Waals surface area contributed by atoms with Crippen molar-refractivity contribution < 1.29 is 19.7 Å². The summed E-state index contributed by atoms with van der Waals surface area (Å²) in [6.45, 7) is 2.00. The van der Waals surface area contributed by atoms with E-state index >= 15 is 0 Å². The van der Waals surface area contributed by atoms with E-state index in [1.54, 1.807) is 26.2 Å². The van der Waals surface area contributed by atoms with E-state index in [0.29, 0.717) is 11.5 Å². The van der Waals surface area contributed by atoms with Gasteiger partial charge in [0, 0.05) is 0 Å². The molecule has 4 nitrogen and oxygen atoms in total. The van der Waals surface area contributed by atoms with Crippen molar-refractivity contribution >= 4 is 0 Å². The van der Waals surface area contributed by atoms with Crippen molar-refractivity contribution in [3.63, 3.8) is 0 Å². The highest BCUT2D eigenvalue weighted by molar-refractivity contribution is 5.43. The minimum atomic E-state index is -0.716. The molecule has 1 aromatic rings. The smallest absolute Gasteiger partial charge is 0.161 e. The summed E-state index contributed by atoms with van der Waals surface area (Å²) in [5.41, 5.74) is 0.0669. The minimum absolute atomic E-state index is 0.289. The lowest BCUT2D eigenvalue weighted by atomic mass is 9.85. The van der Waals surface area contributed by atoms with Crippen LogP contribution in [0.2, 0.25) is 0 Å². The number of aliphatic hydroxyl groups excluding tert-OH is 1. The third-order valence-corrected chi connectivity index (χ3v) is 3.95. The van der Waals surface area contributed by atoms with Gasteiger partial charge in [0.25, 0.3) is 0 Å². The molecule has 1 aliphatic rings. The average Bonchev–Trinajstić information content (AvgIpc) is 2.45. The number of aliphatic hydroxyl groups is 2. The molecule has 0 amide bonds. The van der Waals surface area contributed by atoms with Crippen molar-refractivity contribution in [3.05, 3.63) is 23.8 Å². The molecule has 0 bridgehead atoms. The molecule has 0 spiro atoms. The lowest BCUT2D eigenvalue weighted by Crippen LogP contribution is -2.37. The zero-order chi connectivity index (χ0) is 14.6. The van der Waals surface area contributed by atoms with E-state index in [2.05, 4.69) is 0 Å². The number of hydrogen-bond acceptors (Lipinski definition) is 4. The predicted octanol–water partition coefficient (Wildman–Crippen LogP) is 2.82. The SMILES string of the molecule is COc1cc([C@H](C)O)ccc1OCC1(O)CCCCC1. The molecule has 4 heteroatoms. The van der Waals surface area contributed by atoms with Crippen LogP contribution in [0.1, 0.15) is 50.7 Å². The van der Waals surface area contributed by atoms with Crippen molar-refractivity contribution in [2.45, 2.75) is 50.7 Å². The topological polar surface area (TPSA) is 58.9 Å². The third-order valence-electron chi connectivity index (χ3n) is 3.95. The molecule has 20 heavy (non-hydrogen) atoms. The van der Waals surface area contributed by atoms with Gasteiger partial charge in [-0.2, -0.15) is 0 Å². The molecule has 1 aliphatic carbocycles. The molecule has 1 saturated carbocycles. The van der Waals surface area contributed by atoms with Gasteiger partial charge >= 0.3 is 0 Å². The van der Waals surface area contributed by atoms with Crippen LogP contribution < -0.4 is 9.47 Å². The fourth-order valence-electron chi connectivity index (χ4n) is 2.63. The Morgan fingerprint density at radius 3 is 2.50 bits per heavy atom. The van der Waals surface area contributed by atoms with Crippen LogP contribution in [-0.4, -0.2) is 29.5 Å². The van der Waals surface area contributed by atoms with Gasteiger partial charge in [0.1, 0.15) is 6.61 Å². The van der Waals surface area contributed by atoms with E-state index in [-0.39, 0.29) is 6.61 Å². The normalized spacial score (nSPS) is 19.4. The molecule has 0 saturated heterocycles. The first-order valence-corrected chi connectivity index (χ1v) is 7.25. The Morgan fingerprint density at radius 1 is 1.20 bits per heavy atom. The van der Waals surface area contributed by atoms with Gasteiger partial charge in [-0.1, -0.05) is 25.3 Å². The molecule has 2 rings (SSSR count). The highest BCUT2D eigenvalue weighted by Crippen LogP contribution is 2.33. The Hall–Kier alpha value is -1.26. The highest BCUT2D eigenvalue weighted by atomic mass is 16.5. The van der Waals surface area contributed by atoms with Crippen molar-refractivity contribution in [1.82, 2.24) is 0 Å². The number of methoxy groups -OCH3 is 1. The van der Waals surface area contributed by atoms with Gasteiger partial charge in [-0.25, -0.2) is 0 Å². The van der Waals surface area contributed by atoms with Crippen molar-refractivity contribution in [3.8, 4) is 11.5 Å². The fourth-order valence-corrected chi connectivity index (χ4v) is 2.63. The van der Waals surface area contributed by atoms with E-state index in [1.165, 1.54) is 6.42 Å². The molecule has 0 unspecified atom stereocenters. The second-order valence-electron chi connectivity index (χ2n) is 5.66. The average molecular weight is 280 g/mol. The van der Waals surface area contributed by atoms with Crippen molar-refractivity contribution in [1.29, 1.82) is 0 Å². The van der Waals surface area contributed by atoms with Gasteiger partial charge in [0.05, 0.1) is 18.8 Å². The molecule has 0 aromatic heterocycles. The summed E-state index contributed by atoms with van der Waals surface area (Å²) in [5.74, 6) is 1.19. The molecule has 2 N–H and O–H groups in total. The van der Waals surface area contributed by atoms with Crippen LogP contribution in [-0.2, 0) is 0 Å². The maximum Gasteiger partial charge on any atom is 0.161 e. The van der Waals surface area contributed by atoms with E-state index in [1.807, 2.05) is 6.07 Å². The molecule has 0 aliphatic heterocycles. The summed E-state index contributed by atoms with van der Waals surface area (Å²) in [5, 5.41) is 20.0. The summed E-state index contributed by atoms with van der Waals surface area (Å²) < 4.78 is 11.0. The van der Waals surface area contributed by atoms with Gasteiger partial charge in [-0.05, 0) is 37.5 Å². The van der Waals surface area contributed by atoms with Crippen LogP contribution in [0.3, 0.4) is 0 Å².